The SMILES string of the molecule is COc1ccc(CCN2CN(c3ccc(C)cc3C)c3nc(C)c(Cc4ccccc4)c(=O)n3C2)cc1OC. The van der Waals surface area contributed by atoms with Gasteiger partial charge in [0.15, 0.2) is 11.5 Å². The largest absolute Gasteiger partial charge is 0.493 e. The lowest BCUT2D eigenvalue weighted by atomic mass is 10.0. The predicted octanol–water partition coefficient (Wildman–Crippen LogP) is 5.39. The van der Waals surface area contributed by atoms with E-state index >= 15 is 0 Å². The van der Waals surface area contributed by atoms with Gasteiger partial charge in [0.05, 0.1) is 33.3 Å². The quantitative estimate of drug-likeness (QED) is 0.308. The molecule has 4 aromatic rings. The van der Waals surface area contributed by atoms with Crippen molar-refractivity contribution in [3.63, 3.8) is 0 Å². The summed E-state index contributed by atoms with van der Waals surface area (Å²) < 4.78 is 12.7. The highest BCUT2D eigenvalue weighted by Crippen LogP contribution is 2.32. The van der Waals surface area contributed by atoms with Gasteiger partial charge in [-0.1, -0.05) is 54.1 Å². The summed E-state index contributed by atoms with van der Waals surface area (Å²) in [5.41, 5.74) is 7.22. The zero-order valence-corrected chi connectivity index (χ0v) is 23.4. The van der Waals surface area contributed by atoms with E-state index in [0.29, 0.717) is 31.5 Å². The molecule has 0 saturated heterocycles. The normalized spacial score (nSPS) is 13.3. The van der Waals surface area contributed by atoms with Crippen LogP contribution in [0.25, 0.3) is 0 Å². The molecule has 39 heavy (non-hydrogen) atoms. The fraction of sp³-hybridized carbons (Fsp3) is 0.312. The molecule has 7 nitrogen and oxygen atoms in total. The summed E-state index contributed by atoms with van der Waals surface area (Å²) in [6.07, 6.45) is 1.37. The number of benzene rings is 3. The number of rotatable bonds is 8. The van der Waals surface area contributed by atoms with Crippen LogP contribution in [0.2, 0.25) is 0 Å². The number of aryl methyl sites for hydroxylation is 3. The molecular weight excluding hydrogens is 488 g/mol. The van der Waals surface area contributed by atoms with E-state index in [1.54, 1.807) is 14.2 Å². The molecule has 2 heterocycles. The number of anilines is 2. The first-order valence-corrected chi connectivity index (χ1v) is 13.3. The molecule has 1 aliphatic heterocycles. The smallest absolute Gasteiger partial charge is 0.259 e. The number of fused-ring (bicyclic) bond motifs is 1. The molecule has 202 valence electrons. The average Bonchev–Trinajstić information content (AvgIpc) is 2.94. The summed E-state index contributed by atoms with van der Waals surface area (Å²) >= 11 is 0. The molecule has 0 amide bonds. The maximum atomic E-state index is 14.0. The van der Waals surface area contributed by atoms with Crippen molar-refractivity contribution in [1.29, 1.82) is 0 Å². The molecule has 1 aromatic heterocycles. The molecule has 0 aliphatic carbocycles. The summed E-state index contributed by atoms with van der Waals surface area (Å²) in [7, 11) is 3.29. The van der Waals surface area contributed by atoms with Crippen LogP contribution in [-0.4, -0.2) is 41.9 Å². The number of aromatic nitrogens is 2. The number of methoxy groups -OCH3 is 2. The second-order valence-electron chi connectivity index (χ2n) is 10.2. The summed E-state index contributed by atoms with van der Waals surface area (Å²) in [5.74, 6) is 2.13. The van der Waals surface area contributed by atoms with Gasteiger partial charge in [0.25, 0.3) is 5.56 Å². The highest BCUT2D eigenvalue weighted by molar-refractivity contribution is 5.63. The number of hydrogen-bond donors (Lipinski definition) is 0. The van der Waals surface area contributed by atoms with Crippen molar-refractivity contribution in [2.24, 2.45) is 0 Å². The van der Waals surface area contributed by atoms with Gasteiger partial charge in [0.2, 0.25) is 5.95 Å². The first-order valence-electron chi connectivity index (χ1n) is 13.3. The minimum atomic E-state index is 0.0203. The Balaban J connectivity index is 1.50. The van der Waals surface area contributed by atoms with Gasteiger partial charge in [0.1, 0.15) is 0 Å². The summed E-state index contributed by atoms with van der Waals surface area (Å²) in [5, 5.41) is 0. The molecule has 0 fully saturated rings. The van der Waals surface area contributed by atoms with E-state index in [-0.39, 0.29) is 5.56 Å². The Kier molecular flexibility index (Phi) is 7.70. The van der Waals surface area contributed by atoms with Gasteiger partial charge in [-0.05, 0) is 62.1 Å². The molecule has 1 aliphatic rings. The third-order valence-electron chi connectivity index (χ3n) is 7.40. The molecule has 0 unspecified atom stereocenters. The van der Waals surface area contributed by atoms with Crippen LogP contribution in [0, 0.1) is 20.8 Å². The van der Waals surface area contributed by atoms with Gasteiger partial charge in [-0.25, -0.2) is 4.98 Å². The number of ether oxygens (including phenoxy) is 2. The van der Waals surface area contributed by atoms with Crippen molar-refractivity contribution < 1.29 is 9.47 Å². The molecule has 0 N–H and O–H groups in total. The van der Waals surface area contributed by atoms with E-state index in [0.717, 1.165) is 52.4 Å². The van der Waals surface area contributed by atoms with E-state index in [1.807, 2.05) is 41.8 Å². The maximum absolute atomic E-state index is 14.0. The molecule has 0 atom stereocenters. The predicted molar refractivity (Wildman–Crippen MR) is 155 cm³/mol. The van der Waals surface area contributed by atoms with E-state index in [9.17, 15) is 4.79 Å². The van der Waals surface area contributed by atoms with Crippen LogP contribution in [0.15, 0.2) is 71.5 Å². The van der Waals surface area contributed by atoms with Crippen LogP contribution >= 0.6 is 0 Å². The average molecular weight is 525 g/mol. The Hall–Kier alpha value is -4.10. The van der Waals surface area contributed by atoms with Gasteiger partial charge in [-0.2, -0.15) is 0 Å². The lowest BCUT2D eigenvalue weighted by Crippen LogP contribution is -2.48. The summed E-state index contributed by atoms with van der Waals surface area (Å²) in [6, 6.07) is 22.6. The first-order chi connectivity index (χ1) is 18.9. The standard InChI is InChI=1S/C32H36N4O3/c1-22-11-13-28(23(2)17-22)35-20-34(16-15-26-12-14-29(38-4)30(19-26)39-5)21-36-31(37)27(24(3)33-32(35)36)18-25-9-7-6-8-10-25/h6-14,17,19H,15-16,18,20-21H2,1-5H3. The van der Waals surface area contributed by atoms with Crippen LogP contribution in [0.4, 0.5) is 11.6 Å². The molecule has 0 saturated carbocycles. The van der Waals surface area contributed by atoms with Crippen molar-refractivity contribution in [3.05, 3.63) is 111 Å². The Bertz CT molecular complexity index is 1530. The highest BCUT2D eigenvalue weighted by Gasteiger charge is 2.28. The van der Waals surface area contributed by atoms with Gasteiger partial charge < -0.3 is 9.47 Å². The zero-order valence-electron chi connectivity index (χ0n) is 23.4. The van der Waals surface area contributed by atoms with Gasteiger partial charge in [-0.3, -0.25) is 19.2 Å². The lowest BCUT2D eigenvalue weighted by molar-refractivity contribution is 0.200. The van der Waals surface area contributed by atoms with Crippen LogP contribution in [-0.2, 0) is 19.5 Å². The zero-order chi connectivity index (χ0) is 27.5. The van der Waals surface area contributed by atoms with E-state index in [4.69, 9.17) is 14.5 Å². The summed E-state index contributed by atoms with van der Waals surface area (Å²) in [6.45, 7) is 8.05. The topological polar surface area (TPSA) is 59.8 Å². The maximum Gasteiger partial charge on any atom is 0.259 e. The second-order valence-corrected chi connectivity index (χ2v) is 10.2. The van der Waals surface area contributed by atoms with Gasteiger partial charge in [0, 0.05) is 24.2 Å². The number of hydrogen-bond acceptors (Lipinski definition) is 6. The van der Waals surface area contributed by atoms with Crippen LogP contribution in [0.3, 0.4) is 0 Å². The molecule has 7 heteroatoms. The van der Waals surface area contributed by atoms with Crippen LogP contribution < -0.4 is 19.9 Å². The third kappa shape index (κ3) is 5.54. The van der Waals surface area contributed by atoms with Crippen molar-refractivity contribution in [2.45, 2.75) is 40.3 Å². The monoisotopic (exact) mass is 524 g/mol. The van der Waals surface area contributed by atoms with E-state index in [2.05, 4.69) is 60.0 Å². The Labute approximate surface area is 230 Å². The molecular formula is C32H36N4O3. The summed E-state index contributed by atoms with van der Waals surface area (Å²) in [4.78, 5) is 23.5. The Morgan fingerprint density at radius 3 is 2.33 bits per heavy atom. The van der Waals surface area contributed by atoms with Crippen molar-refractivity contribution in [1.82, 2.24) is 14.5 Å². The van der Waals surface area contributed by atoms with Gasteiger partial charge in [-0.15, -0.1) is 0 Å². The van der Waals surface area contributed by atoms with Gasteiger partial charge >= 0.3 is 0 Å². The van der Waals surface area contributed by atoms with E-state index in [1.165, 1.54) is 5.56 Å². The highest BCUT2D eigenvalue weighted by atomic mass is 16.5. The minimum absolute atomic E-state index is 0.0203. The number of nitrogens with zero attached hydrogens (tertiary/aromatic N) is 4. The van der Waals surface area contributed by atoms with Crippen molar-refractivity contribution >= 4 is 11.6 Å². The molecule has 0 bridgehead atoms. The Morgan fingerprint density at radius 1 is 0.846 bits per heavy atom. The fourth-order valence-electron chi connectivity index (χ4n) is 5.29. The van der Waals surface area contributed by atoms with Crippen LogP contribution in [0.5, 0.6) is 11.5 Å². The molecule has 0 radical (unpaired) electrons. The molecule has 5 rings (SSSR count). The third-order valence-corrected chi connectivity index (χ3v) is 7.40. The van der Waals surface area contributed by atoms with Crippen molar-refractivity contribution in [3.8, 4) is 11.5 Å². The molecule has 0 spiro atoms. The lowest BCUT2D eigenvalue weighted by Gasteiger charge is -2.39. The van der Waals surface area contributed by atoms with Crippen molar-refractivity contribution in [2.75, 3.05) is 32.3 Å². The Morgan fingerprint density at radius 2 is 1.62 bits per heavy atom. The van der Waals surface area contributed by atoms with E-state index < -0.39 is 0 Å². The first kappa shape index (κ1) is 26.5. The fourth-order valence-corrected chi connectivity index (χ4v) is 5.29. The minimum Gasteiger partial charge on any atom is -0.493 e. The second kappa shape index (κ2) is 11.3. The molecule has 3 aromatic carbocycles. The van der Waals surface area contributed by atoms with Crippen LogP contribution in [0.1, 0.15) is 33.5 Å².